The maximum atomic E-state index is 13.3. The first kappa shape index (κ1) is 13.2. The van der Waals surface area contributed by atoms with Gasteiger partial charge in [0, 0.05) is 23.9 Å². The summed E-state index contributed by atoms with van der Waals surface area (Å²) in [4.78, 5) is 0. The largest absolute Gasteiger partial charge is 0.321 e. The molecule has 1 heterocycles. The van der Waals surface area contributed by atoms with E-state index >= 15 is 0 Å². The lowest BCUT2D eigenvalue weighted by Crippen LogP contribution is -2.43. The van der Waals surface area contributed by atoms with E-state index in [1.807, 2.05) is 30.3 Å². The van der Waals surface area contributed by atoms with E-state index in [0.717, 1.165) is 16.8 Å². The van der Waals surface area contributed by atoms with Crippen LogP contribution in [0, 0.1) is 0 Å². The lowest BCUT2D eigenvalue weighted by atomic mass is 9.75. The summed E-state index contributed by atoms with van der Waals surface area (Å²) < 4.78 is 26.7. The molecule has 1 aromatic heterocycles. The van der Waals surface area contributed by atoms with Crippen molar-refractivity contribution in [3.63, 3.8) is 0 Å². The zero-order valence-electron chi connectivity index (χ0n) is 11.1. The van der Waals surface area contributed by atoms with Gasteiger partial charge < -0.3 is 5.73 Å². The van der Waals surface area contributed by atoms with Gasteiger partial charge in [-0.25, -0.2) is 8.78 Å². The zero-order valence-corrected chi connectivity index (χ0v) is 11.1. The van der Waals surface area contributed by atoms with Crippen LogP contribution in [0.4, 0.5) is 8.78 Å². The lowest BCUT2D eigenvalue weighted by molar-refractivity contribution is -0.0513. The molecule has 0 spiro atoms. The Morgan fingerprint density at radius 2 is 1.70 bits per heavy atom. The SMILES string of the molecule is NC1(c2cn[nH]c2-c2ccccc2)CCC(F)(F)CC1. The second-order valence-electron chi connectivity index (χ2n) is 5.54. The molecule has 0 amide bonds. The average Bonchev–Trinajstić information content (AvgIpc) is 2.94. The van der Waals surface area contributed by atoms with Crippen LogP contribution in [-0.2, 0) is 5.54 Å². The average molecular weight is 277 g/mol. The number of halogens is 2. The highest BCUT2D eigenvalue weighted by atomic mass is 19.3. The number of aromatic nitrogens is 2. The fourth-order valence-corrected chi connectivity index (χ4v) is 2.82. The molecule has 1 aliphatic rings. The molecule has 106 valence electrons. The van der Waals surface area contributed by atoms with Gasteiger partial charge in [0.05, 0.1) is 11.9 Å². The number of aromatic amines is 1. The van der Waals surface area contributed by atoms with Gasteiger partial charge in [0.2, 0.25) is 5.92 Å². The molecule has 1 saturated carbocycles. The Kier molecular flexibility index (Phi) is 3.09. The van der Waals surface area contributed by atoms with Crippen molar-refractivity contribution < 1.29 is 8.78 Å². The number of nitrogens with one attached hydrogen (secondary N) is 1. The van der Waals surface area contributed by atoms with Gasteiger partial charge in [0.25, 0.3) is 0 Å². The van der Waals surface area contributed by atoms with Crippen molar-refractivity contribution in [3.05, 3.63) is 42.1 Å². The third-order valence-corrected chi connectivity index (χ3v) is 4.11. The van der Waals surface area contributed by atoms with Gasteiger partial charge in [0.1, 0.15) is 0 Å². The molecule has 0 saturated heterocycles. The van der Waals surface area contributed by atoms with E-state index in [9.17, 15) is 8.78 Å². The van der Waals surface area contributed by atoms with Gasteiger partial charge in [-0.05, 0) is 18.4 Å². The van der Waals surface area contributed by atoms with Gasteiger partial charge in [-0.15, -0.1) is 0 Å². The van der Waals surface area contributed by atoms with Crippen molar-refractivity contribution >= 4 is 0 Å². The van der Waals surface area contributed by atoms with Crippen LogP contribution in [0.25, 0.3) is 11.3 Å². The predicted molar refractivity (Wildman–Crippen MR) is 73.3 cm³/mol. The summed E-state index contributed by atoms with van der Waals surface area (Å²) in [7, 11) is 0. The number of hydrogen-bond donors (Lipinski definition) is 2. The second-order valence-corrected chi connectivity index (χ2v) is 5.54. The lowest BCUT2D eigenvalue weighted by Gasteiger charge is -2.37. The summed E-state index contributed by atoms with van der Waals surface area (Å²) in [6, 6.07) is 9.70. The normalized spacial score (nSPS) is 20.8. The summed E-state index contributed by atoms with van der Waals surface area (Å²) in [5, 5.41) is 7.01. The molecule has 1 fully saturated rings. The van der Waals surface area contributed by atoms with E-state index in [1.165, 1.54) is 0 Å². The molecular weight excluding hydrogens is 260 g/mol. The highest BCUT2D eigenvalue weighted by Gasteiger charge is 2.43. The fraction of sp³-hybridized carbons (Fsp3) is 0.400. The van der Waals surface area contributed by atoms with Crippen molar-refractivity contribution in [2.75, 3.05) is 0 Å². The van der Waals surface area contributed by atoms with Crippen molar-refractivity contribution in [2.24, 2.45) is 5.73 Å². The first-order chi connectivity index (χ1) is 9.50. The molecule has 0 aliphatic heterocycles. The molecule has 3 N–H and O–H groups in total. The maximum Gasteiger partial charge on any atom is 0.248 e. The number of hydrogen-bond acceptors (Lipinski definition) is 2. The minimum atomic E-state index is -2.58. The standard InChI is InChI=1S/C15H17F2N3/c16-15(17)8-6-14(18,7-9-15)12-10-19-20-13(12)11-4-2-1-3-5-11/h1-5,10H,6-9,18H2,(H,19,20). The quantitative estimate of drug-likeness (QED) is 0.883. The van der Waals surface area contributed by atoms with Crippen molar-refractivity contribution in [1.82, 2.24) is 10.2 Å². The van der Waals surface area contributed by atoms with Crippen molar-refractivity contribution in [3.8, 4) is 11.3 Å². The minimum Gasteiger partial charge on any atom is -0.321 e. The molecule has 0 radical (unpaired) electrons. The van der Waals surface area contributed by atoms with Crippen molar-refractivity contribution in [1.29, 1.82) is 0 Å². The van der Waals surface area contributed by atoms with E-state index in [4.69, 9.17) is 5.73 Å². The van der Waals surface area contributed by atoms with Crippen LogP contribution >= 0.6 is 0 Å². The monoisotopic (exact) mass is 277 g/mol. The third kappa shape index (κ3) is 2.33. The maximum absolute atomic E-state index is 13.3. The molecule has 2 aromatic rings. The predicted octanol–water partition coefficient (Wildman–Crippen LogP) is 3.44. The topological polar surface area (TPSA) is 54.7 Å². The molecule has 0 atom stereocenters. The second kappa shape index (κ2) is 4.66. The van der Waals surface area contributed by atoms with Crippen molar-refractivity contribution in [2.45, 2.75) is 37.1 Å². The molecule has 3 rings (SSSR count). The molecule has 1 aromatic carbocycles. The molecule has 5 heteroatoms. The van der Waals surface area contributed by atoms with Crippen LogP contribution in [0.5, 0.6) is 0 Å². The Morgan fingerprint density at radius 1 is 1.05 bits per heavy atom. The summed E-state index contributed by atoms with van der Waals surface area (Å²) in [6.07, 6.45) is 1.90. The highest BCUT2D eigenvalue weighted by Crippen LogP contribution is 2.44. The van der Waals surface area contributed by atoms with Gasteiger partial charge in [0.15, 0.2) is 0 Å². The summed E-state index contributed by atoms with van der Waals surface area (Å²) in [5.74, 6) is -2.58. The molecule has 0 bridgehead atoms. The van der Waals surface area contributed by atoms with Gasteiger partial charge >= 0.3 is 0 Å². The highest BCUT2D eigenvalue weighted by molar-refractivity contribution is 5.64. The van der Waals surface area contributed by atoms with E-state index in [-0.39, 0.29) is 25.7 Å². The van der Waals surface area contributed by atoms with Crippen LogP contribution < -0.4 is 5.73 Å². The Hall–Kier alpha value is -1.75. The molecule has 3 nitrogen and oxygen atoms in total. The Labute approximate surface area is 116 Å². The van der Waals surface area contributed by atoms with Gasteiger partial charge in [-0.2, -0.15) is 5.10 Å². The van der Waals surface area contributed by atoms with Crippen LogP contribution in [0.15, 0.2) is 36.5 Å². The molecule has 20 heavy (non-hydrogen) atoms. The van der Waals surface area contributed by atoms with Gasteiger partial charge in [-0.3, -0.25) is 5.10 Å². The first-order valence-electron chi connectivity index (χ1n) is 6.76. The van der Waals surface area contributed by atoms with E-state index in [2.05, 4.69) is 10.2 Å². The molecule has 1 aliphatic carbocycles. The Morgan fingerprint density at radius 3 is 2.35 bits per heavy atom. The number of H-pyrrole nitrogens is 1. The first-order valence-corrected chi connectivity index (χ1v) is 6.76. The number of benzene rings is 1. The van der Waals surface area contributed by atoms with E-state index in [0.29, 0.717) is 0 Å². The smallest absolute Gasteiger partial charge is 0.248 e. The minimum absolute atomic E-state index is 0.164. The number of alkyl halides is 2. The van der Waals surface area contributed by atoms with Crippen LogP contribution in [0.3, 0.4) is 0 Å². The van der Waals surface area contributed by atoms with Crippen LogP contribution in [0.2, 0.25) is 0 Å². The van der Waals surface area contributed by atoms with Gasteiger partial charge in [-0.1, -0.05) is 30.3 Å². The van der Waals surface area contributed by atoms with Crippen LogP contribution in [-0.4, -0.2) is 16.1 Å². The Balaban J connectivity index is 1.94. The third-order valence-electron chi connectivity index (χ3n) is 4.11. The summed E-state index contributed by atoms with van der Waals surface area (Å²) >= 11 is 0. The number of rotatable bonds is 2. The molecular formula is C15H17F2N3. The summed E-state index contributed by atoms with van der Waals surface area (Å²) in [6.45, 7) is 0. The Bertz CT molecular complexity index is 582. The van der Waals surface area contributed by atoms with E-state index in [1.54, 1.807) is 6.20 Å². The molecule has 0 unspecified atom stereocenters. The zero-order chi connectivity index (χ0) is 14.2. The number of nitrogens with two attached hydrogens (primary N) is 1. The van der Waals surface area contributed by atoms with Crippen LogP contribution in [0.1, 0.15) is 31.2 Å². The van der Waals surface area contributed by atoms with E-state index < -0.39 is 11.5 Å². The number of nitrogens with zero attached hydrogens (tertiary/aromatic N) is 1. The fourth-order valence-electron chi connectivity index (χ4n) is 2.82. The summed E-state index contributed by atoms with van der Waals surface area (Å²) in [5.41, 5.74) is 8.31.